The Kier molecular flexibility index (Phi) is 6.60. The summed E-state index contributed by atoms with van der Waals surface area (Å²) in [6.45, 7) is 14.0. The summed E-state index contributed by atoms with van der Waals surface area (Å²) >= 11 is -0.603. The minimum atomic E-state index is -0.603. The van der Waals surface area contributed by atoms with Gasteiger partial charge in [0.25, 0.3) is 0 Å². The third kappa shape index (κ3) is 3.75. The van der Waals surface area contributed by atoms with Crippen LogP contribution in [0.15, 0.2) is 46.6 Å². The number of hydrogen-bond acceptors (Lipinski definition) is 0. The molecule has 0 radical (unpaired) electrons. The molecule has 0 aromatic carbocycles. The molecule has 0 aromatic heterocycles. The van der Waals surface area contributed by atoms with Crippen molar-refractivity contribution in [2.24, 2.45) is 0 Å². The van der Waals surface area contributed by atoms with Crippen molar-refractivity contribution in [3.05, 3.63) is 46.6 Å². The quantitative estimate of drug-likeness (QED) is 0.595. The largest absolute Gasteiger partial charge is 1.00 e. The summed E-state index contributed by atoms with van der Waals surface area (Å²) in [5, 5.41) is 0. The summed E-state index contributed by atoms with van der Waals surface area (Å²) in [6.07, 6.45) is 9.76. The smallest absolute Gasteiger partial charge is 1.00 e. The summed E-state index contributed by atoms with van der Waals surface area (Å²) in [7, 11) is 0. The Morgan fingerprint density at radius 2 is 1.05 bits per heavy atom. The molecule has 2 aliphatic carbocycles. The van der Waals surface area contributed by atoms with E-state index in [0.29, 0.717) is 6.25 Å². The van der Waals surface area contributed by atoms with E-state index in [0.717, 1.165) is 0 Å². The zero-order valence-electron chi connectivity index (χ0n) is 12.6. The standard InChI is InChI=1S/2C8H11.2ClH.Zr/c2*1-6-4-7(2)8(3)5-6;;;/h2*4-5H,1-3H3;2*1H;/q;;;;+2/p-2. The minimum Gasteiger partial charge on any atom is -1.00 e. The predicted octanol–water partition coefficient (Wildman–Crippen LogP) is -0.753. The predicted molar refractivity (Wildman–Crippen MR) is 71.8 cm³/mol. The summed E-state index contributed by atoms with van der Waals surface area (Å²) in [5.41, 5.74) is 6.06. The number of halogens is 2. The molecule has 0 heterocycles. The van der Waals surface area contributed by atoms with Crippen LogP contribution in [0, 0.1) is 0 Å². The first-order valence-electron chi connectivity index (χ1n) is 6.31. The van der Waals surface area contributed by atoms with E-state index in [9.17, 15) is 0 Å². The first-order chi connectivity index (χ1) is 7.75. The molecule has 2 rings (SSSR count). The van der Waals surface area contributed by atoms with Crippen LogP contribution in [-0.4, -0.2) is 0 Å². The van der Waals surface area contributed by atoms with Gasteiger partial charge >= 0.3 is 118 Å². The SMILES string of the molecule is CC1=C[C](C)([Zr+2][C]2(C)C=C(C)C=C2C)C(C)=C1.[Cl-].[Cl-]. The average molecular weight is 376 g/mol. The molecule has 2 aliphatic rings. The van der Waals surface area contributed by atoms with Crippen LogP contribution in [0.5, 0.6) is 0 Å². The van der Waals surface area contributed by atoms with Crippen LogP contribution in [0.3, 0.4) is 0 Å². The van der Waals surface area contributed by atoms with Gasteiger partial charge in [-0.2, -0.15) is 0 Å². The third-order valence-electron chi connectivity index (χ3n) is 4.08. The van der Waals surface area contributed by atoms with Crippen molar-refractivity contribution in [3.8, 4) is 0 Å². The fourth-order valence-corrected chi connectivity index (χ4v) is 8.46. The zero-order valence-corrected chi connectivity index (χ0v) is 16.5. The van der Waals surface area contributed by atoms with Crippen molar-refractivity contribution in [2.45, 2.75) is 47.8 Å². The molecule has 0 N–H and O–H groups in total. The maximum absolute atomic E-state index is 2.51. The van der Waals surface area contributed by atoms with E-state index < -0.39 is 23.2 Å². The van der Waals surface area contributed by atoms with Crippen molar-refractivity contribution in [1.82, 2.24) is 0 Å². The summed E-state index contributed by atoms with van der Waals surface area (Å²) < 4.78 is 0.802. The number of hydrogen-bond donors (Lipinski definition) is 0. The van der Waals surface area contributed by atoms with Crippen LogP contribution < -0.4 is 24.8 Å². The Hall–Kier alpha value is 0.423. The third-order valence-corrected chi connectivity index (χ3v) is 9.28. The summed E-state index contributed by atoms with van der Waals surface area (Å²) in [5.74, 6) is 0. The molecule has 0 saturated carbocycles. The second kappa shape index (κ2) is 6.46. The van der Waals surface area contributed by atoms with E-state index in [4.69, 9.17) is 0 Å². The van der Waals surface area contributed by atoms with Gasteiger partial charge in [-0.15, -0.1) is 0 Å². The average Bonchev–Trinajstić information content (AvgIpc) is 2.51. The van der Waals surface area contributed by atoms with Crippen LogP contribution >= 0.6 is 0 Å². The van der Waals surface area contributed by atoms with Gasteiger partial charge in [0, 0.05) is 0 Å². The fraction of sp³-hybridized carbons (Fsp3) is 0.500. The van der Waals surface area contributed by atoms with Gasteiger partial charge in [-0.05, 0) is 0 Å². The zero-order chi connectivity index (χ0) is 12.8. The molecule has 104 valence electrons. The van der Waals surface area contributed by atoms with Crippen LogP contribution in [0.1, 0.15) is 41.5 Å². The maximum Gasteiger partial charge on any atom is -1.00 e. The Morgan fingerprint density at radius 1 is 0.737 bits per heavy atom. The van der Waals surface area contributed by atoms with Gasteiger partial charge in [-0.3, -0.25) is 0 Å². The Balaban J connectivity index is 0.00000162. The van der Waals surface area contributed by atoms with Crippen LogP contribution in [-0.2, 0) is 23.2 Å². The van der Waals surface area contributed by atoms with E-state index in [1.54, 1.807) is 11.1 Å². The van der Waals surface area contributed by atoms with Gasteiger partial charge < -0.3 is 24.8 Å². The Bertz CT molecular complexity index is 441. The normalized spacial score (nSPS) is 32.3. The summed E-state index contributed by atoms with van der Waals surface area (Å²) in [6, 6.07) is 0. The topological polar surface area (TPSA) is 0 Å². The molecular weight excluding hydrogens is 354 g/mol. The molecule has 0 spiro atoms. The number of allylic oxidation sites excluding steroid dienone is 8. The number of rotatable bonds is 2. The van der Waals surface area contributed by atoms with Crippen molar-refractivity contribution in [1.29, 1.82) is 0 Å². The van der Waals surface area contributed by atoms with Gasteiger partial charge in [0.2, 0.25) is 0 Å². The van der Waals surface area contributed by atoms with Crippen LogP contribution in [0.2, 0.25) is 6.25 Å². The first kappa shape index (κ1) is 19.4. The molecule has 2 unspecified atom stereocenters. The second-order valence-electron chi connectivity index (χ2n) is 5.96. The second-order valence-corrected chi connectivity index (χ2v) is 11.7. The van der Waals surface area contributed by atoms with Gasteiger partial charge in [0.1, 0.15) is 0 Å². The fourth-order valence-electron chi connectivity index (χ4n) is 3.01. The van der Waals surface area contributed by atoms with E-state index >= 15 is 0 Å². The van der Waals surface area contributed by atoms with E-state index in [1.165, 1.54) is 11.1 Å². The molecule has 0 saturated heterocycles. The van der Waals surface area contributed by atoms with Crippen molar-refractivity contribution >= 4 is 0 Å². The molecule has 0 bridgehead atoms. The maximum atomic E-state index is 2.51. The van der Waals surface area contributed by atoms with Gasteiger partial charge in [-0.1, -0.05) is 0 Å². The van der Waals surface area contributed by atoms with Crippen LogP contribution in [0.25, 0.3) is 0 Å². The van der Waals surface area contributed by atoms with E-state index in [2.05, 4.69) is 65.8 Å². The van der Waals surface area contributed by atoms with Gasteiger partial charge in [0.05, 0.1) is 0 Å². The van der Waals surface area contributed by atoms with Crippen molar-refractivity contribution in [3.63, 3.8) is 0 Å². The minimum absolute atomic E-state index is 0. The van der Waals surface area contributed by atoms with Crippen molar-refractivity contribution < 1.29 is 48.0 Å². The van der Waals surface area contributed by atoms with Gasteiger partial charge in [0.15, 0.2) is 0 Å². The molecule has 19 heavy (non-hydrogen) atoms. The Labute approximate surface area is 141 Å². The molecular formula is C16H22Cl2Zr. The van der Waals surface area contributed by atoms with E-state index in [-0.39, 0.29) is 24.8 Å². The molecule has 0 nitrogen and oxygen atoms in total. The molecule has 3 heteroatoms. The summed E-state index contributed by atoms with van der Waals surface area (Å²) in [4.78, 5) is 0. The molecule has 2 atom stereocenters. The molecule has 0 fully saturated rings. The monoisotopic (exact) mass is 374 g/mol. The van der Waals surface area contributed by atoms with Crippen molar-refractivity contribution in [2.75, 3.05) is 0 Å². The van der Waals surface area contributed by atoms with E-state index in [1.807, 2.05) is 0 Å². The molecule has 0 amide bonds. The van der Waals surface area contributed by atoms with Crippen LogP contribution in [0.4, 0.5) is 0 Å². The molecule has 0 aliphatic heterocycles. The molecule has 0 aromatic rings. The van der Waals surface area contributed by atoms with Gasteiger partial charge in [-0.25, -0.2) is 0 Å². The Morgan fingerprint density at radius 3 is 1.26 bits per heavy atom. The first-order valence-corrected chi connectivity index (χ1v) is 8.77.